The highest BCUT2D eigenvalue weighted by Gasteiger charge is 2.20. The van der Waals surface area contributed by atoms with Crippen LogP contribution < -0.4 is 4.74 Å². The van der Waals surface area contributed by atoms with E-state index in [1.807, 2.05) is 13.0 Å². The van der Waals surface area contributed by atoms with Crippen molar-refractivity contribution in [1.29, 1.82) is 0 Å². The molecule has 2 heteroatoms. The van der Waals surface area contributed by atoms with Crippen LogP contribution in [0.3, 0.4) is 0 Å². The van der Waals surface area contributed by atoms with Crippen molar-refractivity contribution in [3.63, 3.8) is 0 Å². The summed E-state index contributed by atoms with van der Waals surface area (Å²) in [4.78, 5) is 0. The van der Waals surface area contributed by atoms with Crippen molar-refractivity contribution in [2.24, 2.45) is 5.92 Å². The largest absolute Gasteiger partial charge is 0.487 e. The minimum Gasteiger partial charge on any atom is -0.487 e. The molecule has 0 atom stereocenters. The van der Waals surface area contributed by atoms with Gasteiger partial charge in [-0.2, -0.15) is 0 Å². The molecule has 3 rings (SSSR count). The third kappa shape index (κ3) is 3.23. The van der Waals surface area contributed by atoms with Gasteiger partial charge in [0.15, 0.2) is 11.6 Å². The number of allylic oxidation sites excluding steroid dienone is 2. The van der Waals surface area contributed by atoms with Crippen molar-refractivity contribution >= 4 is 0 Å². The Morgan fingerprint density at radius 2 is 1.95 bits per heavy atom. The maximum atomic E-state index is 14.4. The van der Waals surface area contributed by atoms with Crippen molar-refractivity contribution in [3.05, 3.63) is 41.2 Å². The molecule has 0 bridgehead atoms. The Labute approximate surface area is 120 Å². The molecule has 20 heavy (non-hydrogen) atoms. The molecule has 0 spiro atoms. The summed E-state index contributed by atoms with van der Waals surface area (Å²) < 4.78 is 20.2. The number of hydrogen-bond donors (Lipinski definition) is 0. The van der Waals surface area contributed by atoms with E-state index in [2.05, 4.69) is 12.2 Å². The summed E-state index contributed by atoms with van der Waals surface area (Å²) in [5.74, 6) is 1.05. The van der Waals surface area contributed by atoms with Gasteiger partial charge in [-0.1, -0.05) is 18.2 Å². The Morgan fingerprint density at radius 3 is 2.65 bits per heavy atom. The quantitative estimate of drug-likeness (QED) is 0.689. The van der Waals surface area contributed by atoms with Crippen LogP contribution in [0.2, 0.25) is 0 Å². The zero-order valence-corrected chi connectivity index (χ0v) is 12.2. The Bertz CT molecular complexity index is 496. The molecule has 2 aliphatic carbocycles. The normalized spacial score (nSPS) is 19.9. The van der Waals surface area contributed by atoms with Crippen LogP contribution in [0.1, 0.15) is 49.7 Å². The van der Waals surface area contributed by atoms with Gasteiger partial charge in [0, 0.05) is 0 Å². The summed E-state index contributed by atoms with van der Waals surface area (Å²) in [6, 6.07) is 3.82. The first-order valence-electron chi connectivity index (χ1n) is 7.85. The minimum atomic E-state index is -0.172. The van der Waals surface area contributed by atoms with Gasteiger partial charge in [-0.3, -0.25) is 0 Å². The highest BCUT2D eigenvalue weighted by Crippen LogP contribution is 2.31. The fourth-order valence-electron chi connectivity index (χ4n) is 2.87. The van der Waals surface area contributed by atoms with Crippen molar-refractivity contribution in [2.75, 3.05) is 0 Å². The lowest BCUT2D eigenvalue weighted by Gasteiger charge is -2.16. The van der Waals surface area contributed by atoms with E-state index in [-0.39, 0.29) is 11.9 Å². The van der Waals surface area contributed by atoms with Gasteiger partial charge >= 0.3 is 0 Å². The zero-order chi connectivity index (χ0) is 13.9. The fourth-order valence-corrected chi connectivity index (χ4v) is 2.87. The number of ether oxygens (including phenoxy) is 1. The molecule has 2 saturated carbocycles. The number of rotatable bonds is 5. The molecule has 2 fully saturated rings. The van der Waals surface area contributed by atoms with Gasteiger partial charge in [0.25, 0.3) is 0 Å². The summed E-state index contributed by atoms with van der Waals surface area (Å²) >= 11 is 0. The minimum absolute atomic E-state index is 0.172. The van der Waals surface area contributed by atoms with Gasteiger partial charge in [-0.05, 0) is 75.0 Å². The molecule has 0 saturated heterocycles. The summed E-state index contributed by atoms with van der Waals surface area (Å²) in [7, 11) is 0. The zero-order valence-electron chi connectivity index (χ0n) is 12.2. The lowest BCUT2D eigenvalue weighted by atomic mass is 10.0. The van der Waals surface area contributed by atoms with Crippen LogP contribution in [0.15, 0.2) is 24.3 Å². The Morgan fingerprint density at radius 1 is 1.20 bits per heavy atom. The monoisotopic (exact) mass is 274 g/mol. The van der Waals surface area contributed by atoms with E-state index in [9.17, 15) is 4.39 Å². The predicted octanol–water partition coefficient (Wildman–Crippen LogP) is 4.96. The fraction of sp³-hybridized carbons (Fsp3) is 0.556. The van der Waals surface area contributed by atoms with Crippen LogP contribution in [0.25, 0.3) is 0 Å². The van der Waals surface area contributed by atoms with Gasteiger partial charge in [-0.25, -0.2) is 4.39 Å². The second kappa shape index (κ2) is 5.99. The summed E-state index contributed by atoms with van der Waals surface area (Å²) in [5, 5.41) is 0. The van der Waals surface area contributed by atoms with Gasteiger partial charge in [0.05, 0.1) is 6.10 Å². The second-order valence-corrected chi connectivity index (χ2v) is 6.16. The van der Waals surface area contributed by atoms with E-state index in [0.717, 1.165) is 36.3 Å². The highest BCUT2D eigenvalue weighted by atomic mass is 19.1. The maximum Gasteiger partial charge on any atom is 0.168 e. The van der Waals surface area contributed by atoms with Gasteiger partial charge < -0.3 is 4.74 Å². The standard InChI is InChI=1S/C18H23FO/c1-13-15(6-4-5-14-9-10-14)11-12-17(18(13)19)20-16-7-2-3-8-16/h4-5,11-12,14,16H,2-3,6-10H2,1H3/b5-4+. The van der Waals surface area contributed by atoms with E-state index in [0.29, 0.717) is 5.75 Å². The molecule has 0 heterocycles. The molecular formula is C18H23FO. The molecular weight excluding hydrogens is 251 g/mol. The Hall–Kier alpha value is -1.31. The molecule has 1 aromatic rings. The molecule has 2 aliphatic rings. The predicted molar refractivity (Wildman–Crippen MR) is 79.6 cm³/mol. The number of hydrogen-bond acceptors (Lipinski definition) is 1. The van der Waals surface area contributed by atoms with Gasteiger partial charge in [0.2, 0.25) is 0 Å². The molecule has 1 aromatic carbocycles. The van der Waals surface area contributed by atoms with E-state index in [4.69, 9.17) is 4.74 Å². The molecule has 0 radical (unpaired) electrons. The first-order chi connectivity index (χ1) is 9.74. The first kappa shape index (κ1) is 13.7. The molecule has 1 nitrogen and oxygen atoms in total. The van der Waals surface area contributed by atoms with Crippen molar-refractivity contribution in [2.45, 2.75) is 58.0 Å². The first-order valence-corrected chi connectivity index (χ1v) is 7.85. The van der Waals surface area contributed by atoms with Crippen molar-refractivity contribution in [1.82, 2.24) is 0 Å². The average Bonchev–Trinajstić information content (AvgIpc) is 3.12. The Balaban J connectivity index is 1.68. The third-order valence-electron chi connectivity index (χ3n) is 4.43. The topological polar surface area (TPSA) is 9.23 Å². The summed E-state index contributed by atoms with van der Waals surface area (Å²) in [5.41, 5.74) is 1.80. The summed E-state index contributed by atoms with van der Waals surface area (Å²) in [6.07, 6.45) is 12.6. The second-order valence-electron chi connectivity index (χ2n) is 6.16. The van der Waals surface area contributed by atoms with Crippen LogP contribution in [0.4, 0.5) is 4.39 Å². The van der Waals surface area contributed by atoms with Gasteiger partial charge in [0.1, 0.15) is 0 Å². The molecule has 0 N–H and O–H groups in total. The van der Waals surface area contributed by atoms with Crippen LogP contribution in [0, 0.1) is 18.7 Å². The lowest BCUT2D eigenvalue weighted by Crippen LogP contribution is -2.12. The maximum absolute atomic E-state index is 14.4. The van der Waals surface area contributed by atoms with E-state index in [1.54, 1.807) is 6.07 Å². The molecule has 0 unspecified atom stereocenters. The van der Waals surface area contributed by atoms with E-state index < -0.39 is 0 Å². The lowest BCUT2D eigenvalue weighted by molar-refractivity contribution is 0.200. The van der Waals surface area contributed by atoms with Crippen molar-refractivity contribution < 1.29 is 9.13 Å². The van der Waals surface area contributed by atoms with E-state index in [1.165, 1.54) is 25.7 Å². The van der Waals surface area contributed by atoms with Crippen LogP contribution in [-0.4, -0.2) is 6.10 Å². The average molecular weight is 274 g/mol. The van der Waals surface area contributed by atoms with E-state index >= 15 is 0 Å². The highest BCUT2D eigenvalue weighted by molar-refractivity contribution is 5.38. The SMILES string of the molecule is Cc1c(C/C=C/C2CC2)ccc(OC2CCCC2)c1F. The number of halogens is 1. The molecule has 0 aromatic heterocycles. The summed E-state index contributed by atoms with van der Waals surface area (Å²) in [6.45, 7) is 1.86. The van der Waals surface area contributed by atoms with Crippen LogP contribution >= 0.6 is 0 Å². The number of benzene rings is 1. The van der Waals surface area contributed by atoms with Crippen molar-refractivity contribution in [3.8, 4) is 5.75 Å². The smallest absolute Gasteiger partial charge is 0.168 e. The molecule has 108 valence electrons. The molecule has 0 amide bonds. The van der Waals surface area contributed by atoms with Crippen LogP contribution in [-0.2, 0) is 6.42 Å². The Kier molecular flexibility index (Phi) is 4.09. The molecule has 0 aliphatic heterocycles. The van der Waals surface area contributed by atoms with Gasteiger partial charge in [-0.15, -0.1) is 0 Å². The third-order valence-corrected chi connectivity index (χ3v) is 4.43. The van der Waals surface area contributed by atoms with Crippen LogP contribution in [0.5, 0.6) is 5.75 Å².